The smallest absolute Gasteiger partial charge is 0.237 e. The zero-order chi connectivity index (χ0) is 33.1. The van der Waals surface area contributed by atoms with E-state index in [-0.39, 0.29) is 36.0 Å². The molecule has 3 N–H and O–H groups in total. The second-order valence-electron chi connectivity index (χ2n) is 13.4. The van der Waals surface area contributed by atoms with E-state index in [4.69, 9.17) is 4.74 Å². The number of ether oxygens (including phenoxy) is 1. The number of amides is 2. The number of H-pyrrole nitrogens is 2. The summed E-state index contributed by atoms with van der Waals surface area (Å²) in [6, 6.07) is 14.9. The number of carbonyl (C=O) groups excluding carboxylic acids is 2. The average molecular weight is 660 g/mol. The van der Waals surface area contributed by atoms with Crippen molar-refractivity contribution in [2.75, 3.05) is 31.5 Å². The van der Waals surface area contributed by atoms with E-state index in [1.54, 1.807) is 18.3 Å². The molecule has 248 valence electrons. The molecule has 4 aliphatic rings. The summed E-state index contributed by atoms with van der Waals surface area (Å²) in [5.41, 5.74) is 4.68. The fourth-order valence-corrected chi connectivity index (χ4v) is 7.28. The summed E-state index contributed by atoms with van der Waals surface area (Å²) < 4.78 is 20.9. The van der Waals surface area contributed by atoms with E-state index in [1.165, 1.54) is 18.0 Å². The van der Waals surface area contributed by atoms with Gasteiger partial charge < -0.3 is 15.0 Å². The number of fused-ring (bicyclic) bond motifs is 2. The van der Waals surface area contributed by atoms with Crippen LogP contribution >= 0.6 is 0 Å². The molecule has 5 aromatic rings. The fraction of sp³-hybridized carbons (Fsp3) is 0.333. The summed E-state index contributed by atoms with van der Waals surface area (Å²) in [4.78, 5) is 39.6. The van der Waals surface area contributed by atoms with Gasteiger partial charge in [0.1, 0.15) is 17.9 Å². The van der Waals surface area contributed by atoms with Crippen molar-refractivity contribution in [2.24, 2.45) is 5.41 Å². The Morgan fingerprint density at radius 2 is 1.86 bits per heavy atom. The normalized spacial score (nSPS) is 21.8. The first kappa shape index (κ1) is 29.7. The summed E-state index contributed by atoms with van der Waals surface area (Å²) in [5, 5.41) is 17.4. The van der Waals surface area contributed by atoms with Crippen LogP contribution in [-0.4, -0.2) is 90.3 Å². The van der Waals surface area contributed by atoms with Crippen molar-refractivity contribution in [3.05, 3.63) is 78.5 Å². The third kappa shape index (κ3) is 5.53. The predicted octanol–water partition coefficient (Wildman–Crippen LogP) is 4.81. The predicted molar refractivity (Wildman–Crippen MR) is 180 cm³/mol. The fourth-order valence-electron chi connectivity index (χ4n) is 7.28. The van der Waals surface area contributed by atoms with Gasteiger partial charge in [-0.3, -0.25) is 24.7 Å². The van der Waals surface area contributed by atoms with Crippen LogP contribution in [0.1, 0.15) is 37.7 Å². The number of rotatable bonds is 9. The lowest BCUT2D eigenvalue weighted by Gasteiger charge is -2.29. The van der Waals surface area contributed by atoms with Crippen molar-refractivity contribution in [1.82, 2.24) is 40.2 Å². The third-order valence-corrected chi connectivity index (χ3v) is 10.3. The standard InChI is InChI=1S/C36H34FN9O3/c37-28-16-25(15-27-32(42-43-33(27)28)24-5-8-30(38-18-24)49-26-6-7-26)41-35(48)36-11-14-46(29(36)17-36)19-31(47)45-12-9-22(10-13-45)21-1-3-23(4-2-21)34-39-20-40-44-34/h1-5,8-9,15-16,18,20,26,29H,6-7,10-14,17,19H2,(H,41,48)(H,42,43)(H,39,40,44)/t29?,36-/m0/s1. The number of benzene rings is 2. The van der Waals surface area contributed by atoms with Crippen LogP contribution in [0.25, 0.3) is 39.1 Å². The second kappa shape index (κ2) is 11.6. The Kier molecular flexibility index (Phi) is 7.04. The third-order valence-electron chi connectivity index (χ3n) is 10.3. The Morgan fingerprint density at radius 1 is 1.02 bits per heavy atom. The molecule has 2 atom stereocenters. The maximum atomic E-state index is 15.2. The van der Waals surface area contributed by atoms with E-state index in [2.05, 4.69) is 58.8 Å². The molecule has 2 aliphatic heterocycles. The molecule has 2 aromatic carbocycles. The molecule has 3 aromatic heterocycles. The monoisotopic (exact) mass is 659 g/mol. The molecule has 1 saturated heterocycles. The first-order valence-electron chi connectivity index (χ1n) is 16.7. The second-order valence-corrected chi connectivity index (χ2v) is 13.4. The van der Waals surface area contributed by atoms with Gasteiger partial charge in [0.15, 0.2) is 11.6 Å². The number of carbonyl (C=O) groups is 2. The first-order chi connectivity index (χ1) is 23.9. The molecular weight excluding hydrogens is 625 g/mol. The van der Waals surface area contributed by atoms with Gasteiger partial charge in [0.25, 0.3) is 0 Å². The average Bonchev–Trinajstić information content (AvgIpc) is 3.89. The van der Waals surface area contributed by atoms with Crippen molar-refractivity contribution in [1.29, 1.82) is 0 Å². The van der Waals surface area contributed by atoms with Gasteiger partial charge in [-0.15, -0.1) is 0 Å². The number of aromatic amines is 2. The highest BCUT2D eigenvalue weighted by molar-refractivity contribution is 6.02. The number of anilines is 1. The Morgan fingerprint density at radius 3 is 2.57 bits per heavy atom. The highest BCUT2D eigenvalue weighted by atomic mass is 19.1. The maximum absolute atomic E-state index is 15.2. The van der Waals surface area contributed by atoms with Gasteiger partial charge in [-0.1, -0.05) is 30.3 Å². The number of hydrogen-bond acceptors (Lipinski definition) is 8. The minimum atomic E-state index is -0.570. The summed E-state index contributed by atoms with van der Waals surface area (Å²) >= 11 is 0. The zero-order valence-electron chi connectivity index (χ0n) is 26.7. The lowest BCUT2D eigenvalue weighted by Crippen LogP contribution is -2.42. The zero-order valence-corrected chi connectivity index (χ0v) is 26.7. The van der Waals surface area contributed by atoms with Gasteiger partial charge in [-0.2, -0.15) is 10.2 Å². The summed E-state index contributed by atoms with van der Waals surface area (Å²) in [5.74, 6) is 0.695. The number of aromatic nitrogens is 6. The van der Waals surface area contributed by atoms with E-state index < -0.39 is 11.2 Å². The van der Waals surface area contributed by atoms with Crippen molar-refractivity contribution in [2.45, 2.75) is 44.2 Å². The highest BCUT2D eigenvalue weighted by Gasteiger charge is 2.66. The SMILES string of the molecule is O=C(CN1CC[C@]2(C(=O)Nc3cc(F)c4n[nH]c(-c5ccc(OC6CC6)nc5)c4c3)CC12)N1CC=C(c2ccc(-c3ncn[nH]3)cc2)CC1. The maximum Gasteiger partial charge on any atom is 0.237 e. The molecule has 1 unspecified atom stereocenters. The largest absolute Gasteiger partial charge is 0.474 e. The van der Waals surface area contributed by atoms with Crippen molar-refractivity contribution < 1.29 is 18.7 Å². The van der Waals surface area contributed by atoms with E-state index in [1.807, 2.05) is 23.1 Å². The number of nitrogens with zero attached hydrogens (tertiary/aromatic N) is 6. The topological polar surface area (TPSA) is 145 Å². The van der Waals surface area contributed by atoms with Crippen molar-refractivity contribution in [3.63, 3.8) is 0 Å². The van der Waals surface area contributed by atoms with Crippen LogP contribution < -0.4 is 10.1 Å². The van der Waals surface area contributed by atoms with Gasteiger partial charge in [0.05, 0.1) is 17.7 Å². The van der Waals surface area contributed by atoms with Gasteiger partial charge in [0, 0.05) is 60.1 Å². The number of halogens is 1. The van der Waals surface area contributed by atoms with E-state index in [9.17, 15) is 9.59 Å². The minimum absolute atomic E-state index is 0.00395. The van der Waals surface area contributed by atoms with E-state index in [0.29, 0.717) is 55.1 Å². The molecule has 0 spiro atoms. The Bertz CT molecular complexity index is 2090. The number of likely N-dealkylation sites (tertiary alicyclic amines) is 1. The van der Waals surface area contributed by atoms with Crippen LogP contribution in [0.2, 0.25) is 0 Å². The molecule has 0 bridgehead atoms. The van der Waals surface area contributed by atoms with Crippen LogP contribution in [-0.2, 0) is 9.59 Å². The Hall–Kier alpha value is -5.43. The lowest BCUT2D eigenvalue weighted by molar-refractivity contribution is -0.132. The summed E-state index contributed by atoms with van der Waals surface area (Å²) in [6.07, 6.45) is 9.74. The Labute approximate surface area is 280 Å². The molecular formula is C36H34FN9O3. The van der Waals surface area contributed by atoms with Crippen LogP contribution in [0.5, 0.6) is 5.88 Å². The molecule has 9 rings (SSSR count). The molecule has 0 radical (unpaired) electrons. The van der Waals surface area contributed by atoms with E-state index in [0.717, 1.165) is 41.8 Å². The molecule has 13 heteroatoms. The number of piperidine rings is 1. The van der Waals surface area contributed by atoms with Crippen LogP contribution in [0.3, 0.4) is 0 Å². The molecule has 5 heterocycles. The van der Waals surface area contributed by atoms with Crippen LogP contribution in [0, 0.1) is 11.2 Å². The molecule has 2 aliphatic carbocycles. The quantitative estimate of drug-likeness (QED) is 0.205. The molecule has 12 nitrogen and oxygen atoms in total. The number of nitrogens with one attached hydrogen (secondary N) is 3. The van der Waals surface area contributed by atoms with Gasteiger partial charge in [-0.25, -0.2) is 14.4 Å². The molecule has 3 fully saturated rings. The molecule has 2 saturated carbocycles. The van der Waals surface area contributed by atoms with E-state index >= 15 is 4.39 Å². The summed E-state index contributed by atoms with van der Waals surface area (Å²) in [6.45, 7) is 2.16. The highest BCUT2D eigenvalue weighted by Crippen LogP contribution is 2.57. The Balaban J connectivity index is 0.823. The van der Waals surface area contributed by atoms with Crippen LogP contribution in [0.4, 0.5) is 10.1 Å². The lowest BCUT2D eigenvalue weighted by atomic mass is 9.98. The van der Waals surface area contributed by atoms with Crippen molar-refractivity contribution >= 4 is 34.0 Å². The van der Waals surface area contributed by atoms with Crippen LogP contribution in [0.15, 0.2) is 67.1 Å². The summed E-state index contributed by atoms with van der Waals surface area (Å²) in [7, 11) is 0. The van der Waals surface area contributed by atoms with Crippen molar-refractivity contribution in [3.8, 4) is 28.5 Å². The van der Waals surface area contributed by atoms with Gasteiger partial charge in [-0.05, 0) is 61.4 Å². The number of pyridine rings is 1. The molecule has 2 amide bonds. The molecule has 49 heavy (non-hydrogen) atoms. The first-order valence-corrected chi connectivity index (χ1v) is 16.7. The van der Waals surface area contributed by atoms with Gasteiger partial charge in [0.2, 0.25) is 17.7 Å². The minimum Gasteiger partial charge on any atom is -0.474 e. The van der Waals surface area contributed by atoms with Gasteiger partial charge >= 0.3 is 0 Å². The number of hydrogen-bond donors (Lipinski definition) is 3.